The average molecular weight is 576 g/mol. The molecule has 40 heavy (non-hydrogen) atoms. The molecule has 0 radical (unpaired) electrons. The summed E-state index contributed by atoms with van der Waals surface area (Å²) >= 11 is 0. The summed E-state index contributed by atoms with van der Waals surface area (Å²) in [7, 11) is -4.05. The Labute approximate surface area is 229 Å². The molecule has 0 aliphatic carbocycles. The minimum atomic E-state index is -4.59. The van der Waals surface area contributed by atoms with Crippen molar-refractivity contribution in [2.24, 2.45) is 0 Å². The molecule has 4 aromatic rings. The number of hydrogen-bond acceptors (Lipinski definition) is 8. The number of nitrogens with zero attached hydrogens (tertiary/aromatic N) is 3. The highest BCUT2D eigenvalue weighted by molar-refractivity contribution is 7.92. The largest absolute Gasteiger partial charge is 0.433 e. The molecule has 0 saturated heterocycles. The van der Waals surface area contributed by atoms with Crippen molar-refractivity contribution in [3.8, 4) is 11.1 Å². The molecule has 0 amide bonds. The number of ether oxygens (including phenoxy) is 1. The molecule has 212 valence electrons. The molecule has 13 heteroatoms. The summed E-state index contributed by atoms with van der Waals surface area (Å²) in [5.41, 5.74) is 2.06. The molecule has 2 N–H and O–H groups in total. The van der Waals surface area contributed by atoms with E-state index in [1.165, 1.54) is 13.0 Å². The predicted octanol–water partition coefficient (Wildman–Crippen LogP) is 6.03. The first-order valence-corrected chi connectivity index (χ1v) is 13.8. The first-order chi connectivity index (χ1) is 18.9. The molecule has 0 fully saturated rings. The number of aryl methyl sites for hydroxylation is 2. The minimum absolute atomic E-state index is 0.00731. The second-order valence-corrected chi connectivity index (χ2v) is 10.6. The van der Waals surface area contributed by atoms with Gasteiger partial charge in [-0.05, 0) is 50.5 Å². The molecule has 9 nitrogen and oxygen atoms in total. The lowest BCUT2D eigenvalue weighted by Crippen LogP contribution is -2.15. The van der Waals surface area contributed by atoms with Gasteiger partial charge in [0.25, 0.3) is 10.0 Å². The van der Waals surface area contributed by atoms with Crippen LogP contribution in [0.3, 0.4) is 0 Å². The van der Waals surface area contributed by atoms with Crippen LogP contribution in [0.1, 0.15) is 40.9 Å². The number of rotatable bonds is 10. The maximum Gasteiger partial charge on any atom is 0.433 e. The monoisotopic (exact) mass is 575 g/mol. The molecule has 0 saturated carbocycles. The number of benzene rings is 2. The van der Waals surface area contributed by atoms with Crippen LogP contribution < -0.4 is 10.0 Å². The van der Waals surface area contributed by atoms with Gasteiger partial charge in [-0.15, -0.1) is 0 Å². The first kappa shape index (κ1) is 29.0. The molecule has 0 unspecified atom stereocenters. The third kappa shape index (κ3) is 6.59. The number of nitrogens with one attached hydrogen (secondary N) is 2. The van der Waals surface area contributed by atoms with Gasteiger partial charge in [0, 0.05) is 30.3 Å². The van der Waals surface area contributed by atoms with Crippen molar-refractivity contribution < 1.29 is 30.8 Å². The molecule has 0 spiro atoms. The van der Waals surface area contributed by atoms with E-state index in [-0.39, 0.29) is 35.5 Å². The lowest BCUT2D eigenvalue weighted by Gasteiger charge is -2.17. The van der Waals surface area contributed by atoms with Crippen molar-refractivity contribution in [1.29, 1.82) is 0 Å². The van der Waals surface area contributed by atoms with Crippen molar-refractivity contribution in [3.05, 3.63) is 82.5 Å². The SMILES string of the molecule is CCOCc1cc(CNc2cc(C(F)(F)F)nc(C)n2)ccc1-c1ccccc1S(=O)(=O)Nc1noc(C)c1C. The van der Waals surface area contributed by atoms with Crippen molar-refractivity contribution in [3.63, 3.8) is 0 Å². The van der Waals surface area contributed by atoms with Crippen LogP contribution in [0.2, 0.25) is 0 Å². The topological polar surface area (TPSA) is 119 Å². The highest BCUT2D eigenvalue weighted by Gasteiger charge is 2.33. The number of alkyl halides is 3. The van der Waals surface area contributed by atoms with Gasteiger partial charge in [0.1, 0.15) is 23.1 Å². The van der Waals surface area contributed by atoms with Gasteiger partial charge in [-0.3, -0.25) is 4.72 Å². The maximum atomic E-state index is 13.4. The lowest BCUT2D eigenvalue weighted by molar-refractivity contribution is -0.141. The van der Waals surface area contributed by atoms with E-state index in [0.717, 1.165) is 11.6 Å². The third-order valence-corrected chi connectivity index (χ3v) is 7.49. The Hall–Kier alpha value is -3.97. The van der Waals surface area contributed by atoms with E-state index in [4.69, 9.17) is 9.26 Å². The second kappa shape index (κ2) is 11.6. The molecule has 0 atom stereocenters. The van der Waals surface area contributed by atoms with E-state index in [0.29, 0.717) is 34.6 Å². The maximum absolute atomic E-state index is 13.4. The summed E-state index contributed by atoms with van der Waals surface area (Å²) in [6, 6.07) is 12.7. The molecule has 2 aromatic heterocycles. The zero-order valence-electron chi connectivity index (χ0n) is 22.3. The van der Waals surface area contributed by atoms with Crippen LogP contribution in [0.5, 0.6) is 0 Å². The highest BCUT2D eigenvalue weighted by Crippen LogP contribution is 2.33. The van der Waals surface area contributed by atoms with Gasteiger partial charge in [-0.1, -0.05) is 41.6 Å². The fraction of sp³-hybridized carbons (Fsp3) is 0.296. The summed E-state index contributed by atoms with van der Waals surface area (Å²) in [6.07, 6.45) is -4.59. The molecule has 4 rings (SSSR count). The Morgan fingerprint density at radius 2 is 1.75 bits per heavy atom. The van der Waals surface area contributed by atoms with Crippen LogP contribution in [-0.4, -0.2) is 30.1 Å². The number of aromatic nitrogens is 3. The predicted molar refractivity (Wildman–Crippen MR) is 143 cm³/mol. The number of anilines is 2. The zero-order valence-corrected chi connectivity index (χ0v) is 23.1. The van der Waals surface area contributed by atoms with E-state index < -0.39 is 21.9 Å². The average Bonchev–Trinajstić information content (AvgIpc) is 3.21. The van der Waals surface area contributed by atoms with Crippen molar-refractivity contribution in [2.45, 2.75) is 51.9 Å². The summed E-state index contributed by atoms with van der Waals surface area (Å²) in [5.74, 6) is 0.640. The Bertz CT molecular complexity index is 1620. The quantitative estimate of drug-likeness (QED) is 0.235. The van der Waals surface area contributed by atoms with Crippen molar-refractivity contribution in [2.75, 3.05) is 16.6 Å². The van der Waals surface area contributed by atoms with E-state index in [1.807, 2.05) is 13.0 Å². The summed E-state index contributed by atoms with van der Waals surface area (Å²) < 4.78 is 79.5. The zero-order chi connectivity index (χ0) is 29.1. The van der Waals surface area contributed by atoms with Gasteiger partial charge in [0.15, 0.2) is 5.82 Å². The summed E-state index contributed by atoms with van der Waals surface area (Å²) in [4.78, 5) is 7.54. The van der Waals surface area contributed by atoms with Gasteiger partial charge in [0.05, 0.1) is 11.5 Å². The van der Waals surface area contributed by atoms with Crippen LogP contribution in [0, 0.1) is 20.8 Å². The second-order valence-electron chi connectivity index (χ2n) is 8.98. The van der Waals surface area contributed by atoms with Gasteiger partial charge in [0.2, 0.25) is 0 Å². The minimum Gasteiger partial charge on any atom is -0.377 e. The fourth-order valence-electron chi connectivity index (χ4n) is 3.97. The third-order valence-electron chi connectivity index (χ3n) is 6.09. The Morgan fingerprint density at radius 1 is 1.00 bits per heavy atom. The standard InChI is InChI=1S/C27H28F3N5O4S/c1-5-38-15-20-12-19(14-31-25-13-24(27(28,29)30)32-18(4)33-25)10-11-21(20)22-8-6-7-9-23(22)40(36,37)35-26-16(2)17(3)39-34-26/h6-13H,5,14-15H2,1-4H3,(H,34,35)(H,31,32,33). The summed E-state index contributed by atoms with van der Waals surface area (Å²) in [6.45, 7) is 7.40. The van der Waals surface area contributed by atoms with E-state index in [9.17, 15) is 21.6 Å². The van der Waals surface area contributed by atoms with Crippen molar-refractivity contribution in [1.82, 2.24) is 15.1 Å². The van der Waals surface area contributed by atoms with Crippen LogP contribution in [0.15, 0.2) is 57.9 Å². The molecular formula is C27H28F3N5O4S. The van der Waals surface area contributed by atoms with Gasteiger partial charge in [-0.2, -0.15) is 13.2 Å². The Morgan fingerprint density at radius 3 is 2.42 bits per heavy atom. The van der Waals surface area contributed by atoms with E-state index in [2.05, 4.69) is 25.2 Å². The van der Waals surface area contributed by atoms with Crippen molar-refractivity contribution >= 4 is 21.7 Å². The molecule has 2 heterocycles. The highest BCUT2D eigenvalue weighted by atomic mass is 32.2. The summed E-state index contributed by atoms with van der Waals surface area (Å²) in [5, 5.41) is 6.72. The fourth-order valence-corrected chi connectivity index (χ4v) is 5.25. The number of halogens is 3. The molecule has 0 aliphatic rings. The number of hydrogen-bond donors (Lipinski definition) is 2. The van der Waals surface area contributed by atoms with E-state index in [1.54, 1.807) is 44.2 Å². The van der Waals surface area contributed by atoms with E-state index >= 15 is 0 Å². The van der Waals surface area contributed by atoms with Gasteiger partial charge >= 0.3 is 6.18 Å². The van der Waals surface area contributed by atoms with Crippen LogP contribution in [0.4, 0.5) is 24.8 Å². The lowest BCUT2D eigenvalue weighted by atomic mass is 9.97. The van der Waals surface area contributed by atoms with Crippen LogP contribution in [0.25, 0.3) is 11.1 Å². The molecular weight excluding hydrogens is 547 g/mol. The van der Waals surface area contributed by atoms with Gasteiger partial charge < -0.3 is 14.6 Å². The number of sulfonamides is 1. The first-order valence-electron chi connectivity index (χ1n) is 12.3. The normalized spacial score (nSPS) is 12.0. The molecule has 2 aromatic carbocycles. The van der Waals surface area contributed by atoms with Crippen LogP contribution >= 0.6 is 0 Å². The van der Waals surface area contributed by atoms with Gasteiger partial charge in [-0.25, -0.2) is 18.4 Å². The molecule has 0 bridgehead atoms. The van der Waals surface area contributed by atoms with Crippen LogP contribution in [-0.2, 0) is 34.1 Å². The molecule has 0 aliphatic heterocycles. The Kier molecular flexibility index (Phi) is 8.45. The smallest absolute Gasteiger partial charge is 0.377 e. The Balaban J connectivity index is 1.66.